The molecule has 0 heterocycles. The van der Waals surface area contributed by atoms with E-state index in [1.54, 1.807) is 7.11 Å². The van der Waals surface area contributed by atoms with Gasteiger partial charge in [-0.15, -0.1) is 0 Å². The minimum Gasteiger partial charge on any atom is -0.377 e. The van der Waals surface area contributed by atoms with Crippen LogP contribution in [0, 0.1) is 5.92 Å². The van der Waals surface area contributed by atoms with Crippen molar-refractivity contribution in [3.8, 4) is 0 Å². The minimum absolute atomic E-state index is 0.000670. The molecule has 0 spiro atoms. The predicted molar refractivity (Wildman–Crippen MR) is 54.7 cm³/mol. The first-order valence-electron chi connectivity index (χ1n) is 4.91. The van der Waals surface area contributed by atoms with E-state index in [4.69, 9.17) is 4.74 Å². The predicted octanol–water partition coefficient (Wildman–Crippen LogP) is 2.58. The zero-order valence-electron chi connectivity index (χ0n) is 8.82. The van der Waals surface area contributed by atoms with Crippen LogP contribution in [0.4, 0.5) is 0 Å². The number of aldehydes is 1. The molecule has 0 aromatic rings. The summed E-state index contributed by atoms with van der Waals surface area (Å²) < 4.78 is 5.24. The molecule has 76 valence electrons. The summed E-state index contributed by atoms with van der Waals surface area (Å²) >= 11 is 0. The van der Waals surface area contributed by atoms with Gasteiger partial charge in [-0.05, 0) is 6.42 Å². The van der Waals surface area contributed by atoms with Crippen LogP contribution in [0.1, 0.15) is 33.1 Å². The number of carbonyl (C=O) groups excluding carboxylic acids is 1. The fraction of sp³-hybridized carbons (Fsp3) is 0.727. The second-order valence-corrected chi connectivity index (χ2v) is 3.30. The Morgan fingerprint density at radius 3 is 2.54 bits per heavy atom. The van der Waals surface area contributed by atoms with Gasteiger partial charge in [0.05, 0.1) is 6.10 Å². The summed E-state index contributed by atoms with van der Waals surface area (Å²) in [5.41, 5.74) is 0. The second kappa shape index (κ2) is 7.99. The van der Waals surface area contributed by atoms with Crippen molar-refractivity contribution in [2.45, 2.75) is 39.2 Å². The van der Waals surface area contributed by atoms with Crippen molar-refractivity contribution < 1.29 is 9.53 Å². The van der Waals surface area contributed by atoms with Crippen LogP contribution < -0.4 is 0 Å². The van der Waals surface area contributed by atoms with Crippen LogP contribution in [0.25, 0.3) is 0 Å². The lowest BCUT2D eigenvalue weighted by atomic mass is 10.1. The summed E-state index contributed by atoms with van der Waals surface area (Å²) in [6.07, 6.45) is 8.36. The fourth-order valence-electron chi connectivity index (χ4n) is 1.04. The number of ether oxygens (including phenoxy) is 1. The van der Waals surface area contributed by atoms with Gasteiger partial charge in [-0.2, -0.15) is 0 Å². The number of hydrogen-bond donors (Lipinski definition) is 0. The topological polar surface area (TPSA) is 26.3 Å². The molecule has 0 aliphatic carbocycles. The van der Waals surface area contributed by atoms with Gasteiger partial charge in [0.15, 0.2) is 0 Å². The van der Waals surface area contributed by atoms with E-state index in [1.807, 2.05) is 19.1 Å². The third-order valence-corrected chi connectivity index (χ3v) is 1.99. The third kappa shape index (κ3) is 6.52. The Hall–Kier alpha value is -0.630. The van der Waals surface area contributed by atoms with E-state index >= 15 is 0 Å². The first-order chi connectivity index (χ1) is 6.24. The zero-order valence-corrected chi connectivity index (χ0v) is 8.82. The Balaban J connectivity index is 3.81. The Morgan fingerprint density at radius 2 is 2.08 bits per heavy atom. The first-order valence-corrected chi connectivity index (χ1v) is 4.91. The van der Waals surface area contributed by atoms with E-state index in [1.165, 1.54) is 6.42 Å². The molecule has 0 aromatic carbocycles. The standard InChI is InChI=1S/C11H20O2/c1-4-5-6-11(13-3)8-7-10(2)9-12/h7-11H,4-6H2,1-3H3/b8-7+. The van der Waals surface area contributed by atoms with Crippen molar-refractivity contribution in [2.24, 2.45) is 5.92 Å². The second-order valence-electron chi connectivity index (χ2n) is 3.30. The SMILES string of the molecule is CCCCC(/C=C/C(C)C=O)OC. The quantitative estimate of drug-likeness (QED) is 0.449. The van der Waals surface area contributed by atoms with Crippen LogP contribution in [-0.4, -0.2) is 19.5 Å². The fourth-order valence-corrected chi connectivity index (χ4v) is 1.04. The third-order valence-electron chi connectivity index (χ3n) is 1.99. The van der Waals surface area contributed by atoms with Crippen LogP contribution in [0.3, 0.4) is 0 Å². The van der Waals surface area contributed by atoms with E-state index in [0.29, 0.717) is 0 Å². The summed E-state index contributed by atoms with van der Waals surface area (Å²) in [6, 6.07) is 0. The van der Waals surface area contributed by atoms with E-state index in [-0.39, 0.29) is 12.0 Å². The number of allylic oxidation sites excluding steroid dienone is 1. The molecule has 2 unspecified atom stereocenters. The van der Waals surface area contributed by atoms with E-state index in [9.17, 15) is 4.79 Å². The lowest BCUT2D eigenvalue weighted by Crippen LogP contribution is -2.07. The Morgan fingerprint density at radius 1 is 1.38 bits per heavy atom. The van der Waals surface area contributed by atoms with Crippen molar-refractivity contribution in [1.82, 2.24) is 0 Å². The number of methoxy groups -OCH3 is 1. The summed E-state index contributed by atoms with van der Waals surface area (Å²) in [6.45, 7) is 4.03. The summed E-state index contributed by atoms with van der Waals surface area (Å²) in [5, 5.41) is 0. The van der Waals surface area contributed by atoms with Gasteiger partial charge in [0.1, 0.15) is 6.29 Å². The highest BCUT2D eigenvalue weighted by molar-refractivity contribution is 5.55. The van der Waals surface area contributed by atoms with Gasteiger partial charge in [0.25, 0.3) is 0 Å². The van der Waals surface area contributed by atoms with Gasteiger partial charge in [0, 0.05) is 13.0 Å². The normalized spacial score (nSPS) is 15.9. The zero-order chi connectivity index (χ0) is 10.1. The van der Waals surface area contributed by atoms with Crippen molar-refractivity contribution in [3.05, 3.63) is 12.2 Å². The van der Waals surface area contributed by atoms with Crippen LogP contribution in [0.15, 0.2) is 12.2 Å². The molecule has 0 saturated carbocycles. The smallest absolute Gasteiger partial charge is 0.126 e. The van der Waals surface area contributed by atoms with E-state index in [0.717, 1.165) is 19.1 Å². The monoisotopic (exact) mass is 184 g/mol. The highest BCUT2D eigenvalue weighted by atomic mass is 16.5. The largest absolute Gasteiger partial charge is 0.377 e. The highest BCUT2D eigenvalue weighted by Crippen LogP contribution is 2.06. The molecular formula is C11H20O2. The Bertz CT molecular complexity index is 152. The maximum absolute atomic E-state index is 10.3. The van der Waals surface area contributed by atoms with Crippen LogP contribution in [0.5, 0.6) is 0 Å². The average molecular weight is 184 g/mol. The average Bonchev–Trinajstić information content (AvgIpc) is 2.17. The number of carbonyl (C=O) groups is 1. The summed E-state index contributed by atoms with van der Waals surface area (Å²) in [4.78, 5) is 10.3. The van der Waals surface area contributed by atoms with Crippen LogP contribution >= 0.6 is 0 Å². The van der Waals surface area contributed by atoms with Gasteiger partial charge >= 0.3 is 0 Å². The van der Waals surface area contributed by atoms with E-state index in [2.05, 4.69) is 6.92 Å². The molecule has 0 fully saturated rings. The van der Waals surface area contributed by atoms with Crippen molar-refractivity contribution in [3.63, 3.8) is 0 Å². The number of rotatable bonds is 7. The Kier molecular flexibility index (Phi) is 7.60. The maximum Gasteiger partial charge on any atom is 0.126 e. The Labute approximate surface area is 81.0 Å². The maximum atomic E-state index is 10.3. The van der Waals surface area contributed by atoms with Crippen LogP contribution in [-0.2, 0) is 9.53 Å². The molecule has 0 saturated heterocycles. The molecule has 0 bridgehead atoms. The van der Waals surface area contributed by atoms with Gasteiger partial charge < -0.3 is 9.53 Å². The molecule has 0 radical (unpaired) electrons. The van der Waals surface area contributed by atoms with Gasteiger partial charge in [-0.3, -0.25) is 0 Å². The molecule has 0 aliphatic heterocycles. The van der Waals surface area contributed by atoms with Gasteiger partial charge in [0.2, 0.25) is 0 Å². The molecule has 0 rings (SSSR count). The van der Waals surface area contributed by atoms with Gasteiger partial charge in [-0.25, -0.2) is 0 Å². The van der Waals surface area contributed by atoms with Crippen LogP contribution in [0.2, 0.25) is 0 Å². The van der Waals surface area contributed by atoms with E-state index < -0.39 is 0 Å². The van der Waals surface area contributed by atoms with Crippen molar-refractivity contribution in [1.29, 1.82) is 0 Å². The molecule has 0 aliphatic rings. The molecule has 0 aromatic heterocycles. The van der Waals surface area contributed by atoms with Gasteiger partial charge in [-0.1, -0.05) is 38.8 Å². The van der Waals surface area contributed by atoms with Crippen molar-refractivity contribution >= 4 is 6.29 Å². The number of unbranched alkanes of at least 4 members (excludes halogenated alkanes) is 1. The lowest BCUT2D eigenvalue weighted by molar-refractivity contribution is -0.109. The lowest BCUT2D eigenvalue weighted by Gasteiger charge is -2.09. The molecular weight excluding hydrogens is 164 g/mol. The number of hydrogen-bond acceptors (Lipinski definition) is 2. The highest BCUT2D eigenvalue weighted by Gasteiger charge is 2.01. The first kappa shape index (κ1) is 12.4. The molecule has 13 heavy (non-hydrogen) atoms. The summed E-state index contributed by atoms with van der Waals surface area (Å²) in [5.74, 6) is -0.000670. The molecule has 2 nitrogen and oxygen atoms in total. The van der Waals surface area contributed by atoms with Crippen molar-refractivity contribution in [2.75, 3.05) is 7.11 Å². The molecule has 2 heteroatoms. The molecule has 0 N–H and O–H groups in total. The summed E-state index contributed by atoms with van der Waals surface area (Å²) in [7, 11) is 1.70. The molecule has 2 atom stereocenters. The molecule has 0 amide bonds. The minimum atomic E-state index is -0.000670.